The average Bonchev–Trinajstić information content (AvgIpc) is 2.91. The minimum absolute atomic E-state index is 0.486. The Morgan fingerprint density at radius 2 is 1.94 bits per heavy atom. The summed E-state index contributed by atoms with van der Waals surface area (Å²) < 4.78 is 2.22. The van der Waals surface area contributed by atoms with E-state index in [2.05, 4.69) is 53.6 Å². The smallest absolute Gasteiger partial charge is 0.0794 e. The van der Waals surface area contributed by atoms with Crippen molar-refractivity contribution in [3.8, 4) is 0 Å². The van der Waals surface area contributed by atoms with Crippen LogP contribution in [0.4, 0.5) is 0 Å². The highest BCUT2D eigenvalue weighted by molar-refractivity contribution is 7.10. The van der Waals surface area contributed by atoms with E-state index in [1.807, 2.05) is 11.3 Å². The van der Waals surface area contributed by atoms with Crippen molar-refractivity contribution in [2.45, 2.75) is 32.7 Å². The molecule has 1 atom stereocenters. The number of aromatic nitrogens is 1. The molecule has 90 valence electrons. The average molecular weight is 246 g/mol. The molecular weight excluding hydrogens is 228 g/mol. The standard InChI is InChI=1S/C14H18N2S/c1-10-5-6-11(2)16(10)15-14(12-7-8-12)13-4-3-9-17-13/h3-6,9,12,14-15H,7-8H2,1-2H3. The van der Waals surface area contributed by atoms with Crippen LogP contribution in [0, 0.1) is 19.8 Å². The molecule has 0 amide bonds. The van der Waals surface area contributed by atoms with Gasteiger partial charge in [0.05, 0.1) is 6.04 Å². The molecule has 0 saturated heterocycles. The summed E-state index contributed by atoms with van der Waals surface area (Å²) in [7, 11) is 0. The van der Waals surface area contributed by atoms with Crippen LogP contribution >= 0.6 is 11.3 Å². The first-order valence-corrected chi connectivity index (χ1v) is 7.08. The van der Waals surface area contributed by atoms with Crippen molar-refractivity contribution in [3.63, 3.8) is 0 Å². The molecule has 1 aliphatic carbocycles. The maximum Gasteiger partial charge on any atom is 0.0794 e. The van der Waals surface area contributed by atoms with Gasteiger partial charge in [-0.25, -0.2) is 0 Å². The zero-order chi connectivity index (χ0) is 11.8. The monoisotopic (exact) mass is 246 g/mol. The van der Waals surface area contributed by atoms with Crippen molar-refractivity contribution in [2.75, 3.05) is 5.43 Å². The Labute approximate surface area is 106 Å². The highest BCUT2D eigenvalue weighted by Gasteiger charge is 2.33. The molecule has 0 aliphatic heterocycles. The Kier molecular flexibility index (Phi) is 2.71. The number of aryl methyl sites for hydroxylation is 2. The number of rotatable bonds is 4. The number of hydrogen-bond donors (Lipinski definition) is 1. The van der Waals surface area contributed by atoms with Crippen molar-refractivity contribution in [3.05, 3.63) is 45.9 Å². The lowest BCUT2D eigenvalue weighted by molar-refractivity contribution is 0.600. The molecule has 17 heavy (non-hydrogen) atoms. The number of thiophene rings is 1. The Morgan fingerprint density at radius 3 is 2.47 bits per heavy atom. The van der Waals surface area contributed by atoms with Crippen molar-refractivity contribution in [1.82, 2.24) is 4.68 Å². The van der Waals surface area contributed by atoms with E-state index < -0.39 is 0 Å². The van der Waals surface area contributed by atoms with Crippen LogP contribution in [0.25, 0.3) is 0 Å². The SMILES string of the molecule is Cc1ccc(C)n1NC(c1cccs1)C1CC1. The Balaban J connectivity index is 1.86. The number of nitrogens with one attached hydrogen (secondary N) is 1. The second-order valence-electron chi connectivity index (χ2n) is 4.91. The normalized spacial score (nSPS) is 17.1. The lowest BCUT2D eigenvalue weighted by Crippen LogP contribution is -2.23. The molecule has 0 spiro atoms. The molecule has 3 heteroatoms. The fourth-order valence-corrected chi connectivity index (χ4v) is 3.17. The minimum Gasteiger partial charge on any atom is -0.317 e. The van der Waals surface area contributed by atoms with E-state index in [0.29, 0.717) is 6.04 Å². The Morgan fingerprint density at radius 1 is 1.24 bits per heavy atom. The zero-order valence-corrected chi connectivity index (χ0v) is 11.1. The molecule has 1 saturated carbocycles. The molecule has 1 aliphatic rings. The van der Waals surface area contributed by atoms with Crippen LogP contribution < -0.4 is 5.43 Å². The van der Waals surface area contributed by atoms with Gasteiger partial charge in [0.1, 0.15) is 0 Å². The van der Waals surface area contributed by atoms with Gasteiger partial charge >= 0.3 is 0 Å². The summed E-state index contributed by atoms with van der Waals surface area (Å²) in [6.45, 7) is 4.30. The quantitative estimate of drug-likeness (QED) is 0.866. The molecular formula is C14H18N2S. The van der Waals surface area contributed by atoms with Gasteiger partial charge in [0, 0.05) is 16.3 Å². The van der Waals surface area contributed by atoms with E-state index in [1.54, 1.807) is 0 Å². The van der Waals surface area contributed by atoms with E-state index in [9.17, 15) is 0 Å². The largest absolute Gasteiger partial charge is 0.317 e. The van der Waals surface area contributed by atoms with Gasteiger partial charge in [-0.1, -0.05) is 6.07 Å². The van der Waals surface area contributed by atoms with Crippen LogP contribution in [0.2, 0.25) is 0 Å². The fraction of sp³-hybridized carbons (Fsp3) is 0.429. The first-order chi connectivity index (χ1) is 8.25. The zero-order valence-electron chi connectivity index (χ0n) is 10.3. The molecule has 2 heterocycles. The van der Waals surface area contributed by atoms with Crippen LogP contribution in [0.5, 0.6) is 0 Å². The molecule has 2 aromatic heterocycles. The van der Waals surface area contributed by atoms with Crippen LogP contribution in [-0.2, 0) is 0 Å². The van der Waals surface area contributed by atoms with Gasteiger partial charge in [0.2, 0.25) is 0 Å². The minimum atomic E-state index is 0.486. The molecule has 0 bridgehead atoms. The van der Waals surface area contributed by atoms with E-state index in [-0.39, 0.29) is 0 Å². The molecule has 0 radical (unpaired) electrons. The second kappa shape index (κ2) is 4.22. The lowest BCUT2D eigenvalue weighted by atomic mass is 10.1. The summed E-state index contributed by atoms with van der Waals surface area (Å²) >= 11 is 1.86. The lowest BCUT2D eigenvalue weighted by Gasteiger charge is -2.21. The fourth-order valence-electron chi connectivity index (χ4n) is 2.31. The van der Waals surface area contributed by atoms with E-state index in [1.165, 1.54) is 29.1 Å². The van der Waals surface area contributed by atoms with Crippen LogP contribution in [-0.4, -0.2) is 4.68 Å². The molecule has 2 aromatic rings. The topological polar surface area (TPSA) is 17.0 Å². The molecule has 1 unspecified atom stereocenters. The van der Waals surface area contributed by atoms with Crippen molar-refractivity contribution < 1.29 is 0 Å². The summed E-state index contributed by atoms with van der Waals surface area (Å²) in [5.41, 5.74) is 6.25. The van der Waals surface area contributed by atoms with Gasteiger partial charge in [0.15, 0.2) is 0 Å². The molecule has 3 rings (SSSR count). The summed E-state index contributed by atoms with van der Waals surface area (Å²) in [5.74, 6) is 0.815. The highest BCUT2D eigenvalue weighted by atomic mass is 32.1. The summed E-state index contributed by atoms with van der Waals surface area (Å²) in [4.78, 5) is 1.46. The number of nitrogens with zero attached hydrogens (tertiary/aromatic N) is 1. The van der Waals surface area contributed by atoms with Gasteiger partial charge in [-0.05, 0) is 56.2 Å². The van der Waals surface area contributed by atoms with Gasteiger partial charge in [-0.3, -0.25) is 4.68 Å². The maximum atomic E-state index is 3.69. The second-order valence-corrected chi connectivity index (χ2v) is 5.89. The first-order valence-electron chi connectivity index (χ1n) is 6.20. The Bertz CT molecular complexity index is 475. The predicted octanol–water partition coefficient (Wildman–Crippen LogP) is 3.86. The molecule has 1 fully saturated rings. The summed E-state index contributed by atoms with van der Waals surface area (Å²) in [6.07, 6.45) is 2.71. The molecule has 2 nitrogen and oxygen atoms in total. The first kappa shape index (κ1) is 10.9. The molecule has 0 aromatic carbocycles. The molecule has 1 N–H and O–H groups in total. The van der Waals surface area contributed by atoms with Gasteiger partial charge in [-0.15, -0.1) is 11.3 Å². The van der Waals surface area contributed by atoms with Gasteiger partial charge in [0.25, 0.3) is 0 Å². The van der Waals surface area contributed by atoms with Crippen molar-refractivity contribution >= 4 is 11.3 Å². The van der Waals surface area contributed by atoms with E-state index in [4.69, 9.17) is 0 Å². The summed E-state index contributed by atoms with van der Waals surface area (Å²) in [5, 5.41) is 2.17. The van der Waals surface area contributed by atoms with Crippen LogP contribution in [0.1, 0.15) is 35.1 Å². The Hall–Kier alpha value is -1.22. The third kappa shape index (κ3) is 2.12. The van der Waals surface area contributed by atoms with E-state index in [0.717, 1.165) is 5.92 Å². The van der Waals surface area contributed by atoms with Crippen LogP contribution in [0.15, 0.2) is 29.6 Å². The van der Waals surface area contributed by atoms with Crippen molar-refractivity contribution in [2.24, 2.45) is 5.92 Å². The maximum absolute atomic E-state index is 3.69. The third-order valence-corrected chi connectivity index (χ3v) is 4.44. The predicted molar refractivity (Wildman–Crippen MR) is 73.1 cm³/mol. The van der Waals surface area contributed by atoms with Gasteiger partial charge in [-0.2, -0.15) is 0 Å². The van der Waals surface area contributed by atoms with Gasteiger partial charge < -0.3 is 5.43 Å². The van der Waals surface area contributed by atoms with Crippen molar-refractivity contribution in [1.29, 1.82) is 0 Å². The van der Waals surface area contributed by atoms with E-state index >= 15 is 0 Å². The summed E-state index contributed by atoms with van der Waals surface area (Å²) in [6, 6.07) is 9.21. The highest BCUT2D eigenvalue weighted by Crippen LogP contribution is 2.43. The number of hydrogen-bond acceptors (Lipinski definition) is 2. The third-order valence-electron chi connectivity index (χ3n) is 3.48. The van der Waals surface area contributed by atoms with Crippen LogP contribution in [0.3, 0.4) is 0 Å².